The number of rotatable bonds is 5. The third-order valence-electron chi connectivity index (χ3n) is 1.82. The molecule has 0 aromatic carbocycles. The second-order valence-corrected chi connectivity index (χ2v) is 5.34. The zero-order valence-corrected chi connectivity index (χ0v) is 8.84. The maximum Gasteiger partial charge on any atom is 0.214 e. The van der Waals surface area contributed by atoms with Crippen LogP contribution >= 0.6 is 0 Å². The Bertz CT molecular complexity index is 264. The molecule has 0 spiro atoms. The molecule has 0 radical (unpaired) electrons. The van der Waals surface area contributed by atoms with Gasteiger partial charge in [-0.2, -0.15) is 0 Å². The van der Waals surface area contributed by atoms with Crippen molar-refractivity contribution in [3.05, 3.63) is 12.7 Å². The molecule has 0 aliphatic heterocycles. The zero-order valence-electron chi connectivity index (χ0n) is 8.03. The highest BCUT2D eigenvalue weighted by molar-refractivity contribution is 7.89. The normalized spacial score (nSPS) is 15.4. The van der Waals surface area contributed by atoms with Crippen LogP contribution in [0.15, 0.2) is 12.7 Å². The molecule has 0 aliphatic rings. The van der Waals surface area contributed by atoms with Crippen molar-refractivity contribution in [2.75, 3.05) is 0 Å². The molecule has 0 aromatic heterocycles. The molecule has 3 N–H and O–H groups in total. The molecule has 78 valence electrons. The molecule has 0 aliphatic carbocycles. The van der Waals surface area contributed by atoms with Gasteiger partial charge in [-0.25, -0.2) is 13.6 Å². The van der Waals surface area contributed by atoms with Gasteiger partial charge in [-0.1, -0.05) is 6.08 Å². The topological polar surface area (TPSA) is 80.4 Å². The third-order valence-corrected chi connectivity index (χ3v) is 3.42. The summed E-state index contributed by atoms with van der Waals surface area (Å²) < 4.78 is 22.1. The van der Waals surface area contributed by atoms with Gasteiger partial charge in [-0.3, -0.25) is 0 Å². The van der Waals surface area contributed by atoms with Gasteiger partial charge in [0.25, 0.3) is 0 Å². The second-order valence-electron chi connectivity index (χ2n) is 3.60. The Hall–Kier alpha value is -0.390. The summed E-state index contributed by atoms with van der Waals surface area (Å²) in [5.41, 5.74) is -1.31. The van der Waals surface area contributed by atoms with E-state index >= 15 is 0 Å². The molecule has 0 saturated carbocycles. The lowest BCUT2D eigenvalue weighted by Crippen LogP contribution is -2.45. The Kier molecular flexibility index (Phi) is 4.09. The van der Waals surface area contributed by atoms with E-state index in [0.717, 1.165) is 0 Å². The van der Waals surface area contributed by atoms with E-state index in [2.05, 4.69) is 6.58 Å². The number of hydrogen-bond acceptors (Lipinski definition) is 3. The lowest BCUT2D eigenvalue weighted by molar-refractivity contribution is 0.0726. The number of sulfonamides is 1. The first-order valence-electron chi connectivity index (χ1n) is 4.04. The summed E-state index contributed by atoms with van der Waals surface area (Å²) in [5, 5.41) is 13.6. The molecule has 0 saturated heterocycles. The van der Waals surface area contributed by atoms with E-state index in [1.165, 1.54) is 13.8 Å². The van der Waals surface area contributed by atoms with Crippen LogP contribution in [0.3, 0.4) is 0 Å². The quantitative estimate of drug-likeness (QED) is 0.639. The maximum atomic E-state index is 11.1. The molecule has 5 heteroatoms. The summed E-state index contributed by atoms with van der Waals surface area (Å²) in [6, 6.07) is 0. The number of nitrogens with two attached hydrogens (primary N) is 1. The van der Waals surface area contributed by atoms with E-state index in [1.807, 2.05) is 0 Å². The molecule has 0 heterocycles. The van der Waals surface area contributed by atoms with Crippen molar-refractivity contribution in [2.24, 2.45) is 5.14 Å². The molecule has 0 aromatic rings. The largest absolute Gasteiger partial charge is 0.389 e. The molecular formula is C8H17NO3S. The molecule has 0 bridgehead atoms. The Morgan fingerprint density at radius 1 is 1.62 bits per heavy atom. The smallest absolute Gasteiger partial charge is 0.214 e. The van der Waals surface area contributed by atoms with Gasteiger partial charge in [0.1, 0.15) is 5.25 Å². The van der Waals surface area contributed by atoms with E-state index in [9.17, 15) is 13.5 Å². The lowest BCUT2D eigenvalue weighted by Gasteiger charge is -2.26. The second kappa shape index (κ2) is 4.21. The van der Waals surface area contributed by atoms with Crippen molar-refractivity contribution in [1.29, 1.82) is 0 Å². The SMILES string of the molecule is C=CCC[C@H](C(C)(C)O)S(N)(=O)=O. The van der Waals surface area contributed by atoms with Crippen molar-refractivity contribution < 1.29 is 13.5 Å². The van der Waals surface area contributed by atoms with E-state index in [4.69, 9.17) is 5.14 Å². The van der Waals surface area contributed by atoms with Gasteiger partial charge in [0.15, 0.2) is 0 Å². The lowest BCUT2D eigenvalue weighted by atomic mass is 10.0. The predicted octanol–water partition coefficient (Wildman–Crippen LogP) is 0.381. The van der Waals surface area contributed by atoms with Crippen molar-refractivity contribution in [2.45, 2.75) is 37.5 Å². The van der Waals surface area contributed by atoms with Crippen molar-refractivity contribution in [3.8, 4) is 0 Å². The maximum absolute atomic E-state index is 11.1. The van der Waals surface area contributed by atoms with Crippen LogP contribution in [0.2, 0.25) is 0 Å². The summed E-state index contributed by atoms with van der Waals surface area (Å²) in [4.78, 5) is 0. The summed E-state index contributed by atoms with van der Waals surface area (Å²) in [6.07, 6.45) is 2.42. The Morgan fingerprint density at radius 3 is 2.31 bits per heavy atom. The molecule has 13 heavy (non-hydrogen) atoms. The molecule has 0 fully saturated rings. The van der Waals surface area contributed by atoms with Crippen LogP contribution in [0.4, 0.5) is 0 Å². The molecule has 4 nitrogen and oxygen atoms in total. The Balaban J connectivity index is 4.68. The highest BCUT2D eigenvalue weighted by Gasteiger charge is 2.34. The highest BCUT2D eigenvalue weighted by Crippen LogP contribution is 2.19. The van der Waals surface area contributed by atoms with Crippen LogP contribution in [0, 0.1) is 0 Å². The van der Waals surface area contributed by atoms with Crippen molar-refractivity contribution in [3.63, 3.8) is 0 Å². The van der Waals surface area contributed by atoms with E-state index in [0.29, 0.717) is 12.8 Å². The van der Waals surface area contributed by atoms with Crippen LogP contribution in [-0.4, -0.2) is 24.4 Å². The Morgan fingerprint density at radius 2 is 2.08 bits per heavy atom. The standard InChI is InChI=1S/C8H17NO3S/c1-4-5-6-7(8(2,3)10)13(9,11)12/h4,7,10H,1,5-6H2,2-3H3,(H2,9,11,12)/t7-/m1/s1. The predicted molar refractivity (Wildman–Crippen MR) is 52.6 cm³/mol. The zero-order chi connectivity index (χ0) is 10.7. The number of primary sulfonamides is 1. The summed E-state index contributed by atoms with van der Waals surface area (Å²) in [5.74, 6) is 0. The summed E-state index contributed by atoms with van der Waals surface area (Å²) >= 11 is 0. The first-order chi connectivity index (χ1) is 5.69. The van der Waals surface area contributed by atoms with Crippen LogP contribution in [0.25, 0.3) is 0 Å². The molecule has 1 atom stereocenters. The minimum atomic E-state index is -3.69. The number of hydrogen-bond donors (Lipinski definition) is 2. The summed E-state index contributed by atoms with van der Waals surface area (Å²) in [6.45, 7) is 6.35. The average molecular weight is 207 g/mol. The fourth-order valence-electron chi connectivity index (χ4n) is 1.19. The van der Waals surface area contributed by atoms with Crippen LogP contribution in [0.5, 0.6) is 0 Å². The average Bonchev–Trinajstić information content (AvgIpc) is 1.81. The van der Waals surface area contributed by atoms with Gasteiger partial charge in [0.05, 0.1) is 5.60 Å². The van der Waals surface area contributed by atoms with Gasteiger partial charge in [-0.15, -0.1) is 6.58 Å². The van der Waals surface area contributed by atoms with Crippen LogP contribution in [0.1, 0.15) is 26.7 Å². The van der Waals surface area contributed by atoms with E-state index in [1.54, 1.807) is 6.08 Å². The van der Waals surface area contributed by atoms with Gasteiger partial charge < -0.3 is 5.11 Å². The minimum Gasteiger partial charge on any atom is -0.389 e. The van der Waals surface area contributed by atoms with E-state index in [-0.39, 0.29) is 0 Å². The fourth-order valence-corrected chi connectivity index (χ4v) is 2.46. The summed E-state index contributed by atoms with van der Waals surface area (Å²) in [7, 11) is -3.69. The monoisotopic (exact) mass is 207 g/mol. The number of allylic oxidation sites excluding steroid dienone is 1. The first kappa shape index (κ1) is 12.6. The Labute approximate surface area is 79.5 Å². The fraction of sp³-hybridized carbons (Fsp3) is 0.750. The number of aliphatic hydroxyl groups is 1. The van der Waals surface area contributed by atoms with E-state index < -0.39 is 20.9 Å². The van der Waals surface area contributed by atoms with Gasteiger partial charge >= 0.3 is 0 Å². The van der Waals surface area contributed by atoms with Gasteiger partial charge in [-0.05, 0) is 26.7 Å². The van der Waals surface area contributed by atoms with Crippen LogP contribution < -0.4 is 5.14 Å². The molecule has 0 amide bonds. The van der Waals surface area contributed by atoms with Crippen LogP contribution in [-0.2, 0) is 10.0 Å². The highest BCUT2D eigenvalue weighted by atomic mass is 32.2. The molecule has 0 rings (SSSR count). The molecular weight excluding hydrogens is 190 g/mol. The van der Waals surface area contributed by atoms with Crippen molar-refractivity contribution >= 4 is 10.0 Å². The first-order valence-corrected chi connectivity index (χ1v) is 5.65. The van der Waals surface area contributed by atoms with Gasteiger partial charge in [0, 0.05) is 0 Å². The molecule has 0 unspecified atom stereocenters. The van der Waals surface area contributed by atoms with Gasteiger partial charge in [0.2, 0.25) is 10.0 Å². The third kappa shape index (κ3) is 4.40. The van der Waals surface area contributed by atoms with Crippen molar-refractivity contribution in [1.82, 2.24) is 0 Å². The minimum absolute atomic E-state index is 0.297.